The number of thiophene rings is 1. The summed E-state index contributed by atoms with van der Waals surface area (Å²) in [5.74, 6) is 1.87. The summed E-state index contributed by atoms with van der Waals surface area (Å²) < 4.78 is 10.4. The molecule has 6 nitrogen and oxygen atoms in total. The molecule has 0 saturated heterocycles. The zero-order valence-corrected chi connectivity index (χ0v) is 12.6. The first-order valence-electron chi connectivity index (χ1n) is 6.97. The molecular formula is C15H15N3O3S. The van der Waals surface area contributed by atoms with Gasteiger partial charge in [0, 0.05) is 25.8 Å². The highest BCUT2D eigenvalue weighted by Gasteiger charge is 2.11. The number of aryl methyl sites for hydroxylation is 1. The van der Waals surface area contributed by atoms with Crippen molar-refractivity contribution in [2.24, 2.45) is 0 Å². The number of hydrogen-bond donors (Lipinski definition) is 1. The average Bonchev–Trinajstić information content (AvgIpc) is 3.26. The van der Waals surface area contributed by atoms with Crippen molar-refractivity contribution in [3.8, 4) is 10.7 Å². The standard InChI is InChI=1S/C15H15N3O3S/c19-13(16-8-7-11-3-1-9-20-11)5-6-14-17-15(18-21-14)12-4-2-10-22-12/h1-4,9-10H,5-8H2,(H,16,19). The Bertz CT molecular complexity index is 704. The Labute approximate surface area is 131 Å². The van der Waals surface area contributed by atoms with E-state index in [9.17, 15) is 4.79 Å². The second-order valence-electron chi connectivity index (χ2n) is 4.67. The van der Waals surface area contributed by atoms with Crippen molar-refractivity contribution in [1.29, 1.82) is 0 Å². The lowest BCUT2D eigenvalue weighted by Crippen LogP contribution is -2.25. The topological polar surface area (TPSA) is 81.2 Å². The molecule has 0 unspecified atom stereocenters. The maximum absolute atomic E-state index is 11.8. The second-order valence-corrected chi connectivity index (χ2v) is 5.62. The zero-order valence-electron chi connectivity index (χ0n) is 11.8. The lowest BCUT2D eigenvalue weighted by molar-refractivity contribution is -0.121. The number of nitrogens with zero attached hydrogens (tertiary/aromatic N) is 2. The maximum Gasteiger partial charge on any atom is 0.227 e. The van der Waals surface area contributed by atoms with E-state index < -0.39 is 0 Å². The summed E-state index contributed by atoms with van der Waals surface area (Å²) in [6, 6.07) is 7.58. The summed E-state index contributed by atoms with van der Waals surface area (Å²) in [5, 5.41) is 8.71. The van der Waals surface area contributed by atoms with E-state index in [1.165, 1.54) is 0 Å². The zero-order chi connectivity index (χ0) is 15.2. The van der Waals surface area contributed by atoms with Gasteiger partial charge in [0.15, 0.2) is 0 Å². The Balaban J connectivity index is 1.41. The molecule has 3 rings (SSSR count). The molecule has 1 amide bonds. The van der Waals surface area contributed by atoms with Crippen LogP contribution in [-0.4, -0.2) is 22.6 Å². The number of hydrogen-bond acceptors (Lipinski definition) is 6. The smallest absolute Gasteiger partial charge is 0.227 e. The van der Waals surface area contributed by atoms with Crippen LogP contribution in [0.3, 0.4) is 0 Å². The van der Waals surface area contributed by atoms with Gasteiger partial charge in [0.05, 0.1) is 11.1 Å². The van der Waals surface area contributed by atoms with Crippen LogP contribution in [0.1, 0.15) is 18.1 Å². The molecule has 0 atom stereocenters. The molecule has 0 fully saturated rings. The van der Waals surface area contributed by atoms with Gasteiger partial charge in [0.1, 0.15) is 5.76 Å². The Morgan fingerprint density at radius 3 is 3.00 bits per heavy atom. The highest BCUT2D eigenvalue weighted by atomic mass is 32.1. The maximum atomic E-state index is 11.8. The summed E-state index contributed by atoms with van der Waals surface area (Å²) in [7, 11) is 0. The van der Waals surface area contributed by atoms with E-state index in [2.05, 4.69) is 15.5 Å². The quantitative estimate of drug-likeness (QED) is 0.724. The molecule has 0 radical (unpaired) electrons. The van der Waals surface area contributed by atoms with Crippen molar-refractivity contribution in [3.05, 3.63) is 47.6 Å². The number of carbonyl (C=O) groups is 1. The number of carbonyl (C=O) groups excluding carboxylic acids is 1. The molecule has 1 N–H and O–H groups in total. The fourth-order valence-corrected chi connectivity index (χ4v) is 2.60. The van der Waals surface area contributed by atoms with Crippen molar-refractivity contribution < 1.29 is 13.7 Å². The van der Waals surface area contributed by atoms with E-state index in [0.717, 1.165) is 10.6 Å². The molecule has 0 bridgehead atoms. The van der Waals surface area contributed by atoms with Crippen LogP contribution in [0.4, 0.5) is 0 Å². The van der Waals surface area contributed by atoms with Crippen molar-refractivity contribution in [1.82, 2.24) is 15.5 Å². The molecule has 7 heteroatoms. The monoisotopic (exact) mass is 317 g/mol. The van der Waals surface area contributed by atoms with E-state index in [1.54, 1.807) is 17.6 Å². The second kappa shape index (κ2) is 7.04. The van der Waals surface area contributed by atoms with E-state index in [-0.39, 0.29) is 5.91 Å². The van der Waals surface area contributed by atoms with Crippen molar-refractivity contribution in [3.63, 3.8) is 0 Å². The molecule has 3 heterocycles. The minimum Gasteiger partial charge on any atom is -0.469 e. The van der Waals surface area contributed by atoms with E-state index in [0.29, 0.717) is 37.5 Å². The highest BCUT2D eigenvalue weighted by molar-refractivity contribution is 7.13. The van der Waals surface area contributed by atoms with Gasteiger partial charge in [-0.05, 0) is 23.6 Å². The summed E-state index contributed by atoms with van der Waals surface area (Å²) in [6.07, 6.45) is 3.06. The van der Waals surface area contributed by atoms with Gasteiger partial charge in [0.2, 0.25) is 17.6 Å². The minimum atomic E-state index is -0.0394. The van der Waals surface area contributed by atoms with Gasteiger partial charge >= 0.3 is 0 Å². The number of rotatable bonds is 7. The number of aromatic nitrogens is 2. The molecule has 0 saturated carbocycles. The molecule has 0 aliphatic heterocycles. The summed E-state index contributed by atoms with van der Waals surface area (Å²) in [6.45, 7) is 0.552. The molecule has 3 aromatic rings. The fraction of sp³-hybridized carbons (Fsp3) is 0.267. The van der Waals surface area contributed by atoms with Crippen LogP contribution in [0.5, 0.6) is 0 Å². The van der Waals surface area contributed by atoms with Crippen LogP contribution >= 0.6 is 11.3 Å². The Hall–Kier alpha value is -2.41. The predicted octanol–water partition coefficient (Wildman–Crippen LogP) is 2.68. The van der Waals surface area contributed by atoms with Gasteiger partial charge in [-0.25, -0.2) is 0 Å². The van der Waals surface area contributed by atoms with E-state index in [1.807, 2.05) is 29.6 Å². The number of furan rings is 1. The van der Waals surface area contributed by atoms with Crippen LogP contribution in [0, 0.1) is 0 Å². The van der Waals surface area contributed by atoms with Crippen molar-refractivity contribution in [2.75, 3.05) is 6.54 Å². The van der Waals surface area contributed by atoms with Crippen LogP contribution in [-0.2, 0) is 17.6 Å². The van der Waals surface area contributed by atoms with Crippen LogP contribution < -0.4 is 5.32 Å². The van der Waals surface area contributed by atoms with Gasteiger partial charge in [-0.2, -0.15) is 4.98 Å². The number of nitrogens with one attached hydrogen (secondary N) is 1. The first kappa shape index (κ1) is 14.5. The van der Waals surface area contributed by atoms with Gasteiger partial charge < -0.3 is 14.3 Å². The van der Waals surface area contributed by atoms with E-state index in [4.69, 9.17) is 8.94 Å². The summed E-state index contributed by atoms with van der Waals surface area (Å²) in [4.78, 5) is 17.0. The third-order valence-electron chi connectivity index (χ3n) is 3.05. The molecule has 0 spiro atoms. The van der Waals surface area contributed by atoms with Crippen molar-refractivity contribution >= 4 is 17.2 Å². The normalized spacial score (nSPS) is 10.7. The third kappa shape index (κ3) is 3.82. The van der Waals surface area contributed by atoms with Crippen molar-refractivity contribution in [2.45, 2.75) is 19.3 Å². The molecule has 3 aromatic heterocycles. The minimum absolute atomic E-state index is 0.0394. The van der Waals surface area contributed by atoms with Crippen LogP contribution in [0.15, 0.2) is 44.8 Å². The highest BCUT2D eigenvalue weighted by Crippen LogP contribution is 2.21. The molecule has 0 aromatic carbocycles. The molecule has 0 aliphatic carbocycles. The summed E-state index contributed by atoms with van der Waals surface area (Å²) >= 11 is 1.55. The molecular weight excluding hydrogens is 302 g/mol. The van der Waals surface area contributed by atoms with Crippen LogP contribution in [0.2, 0.25) is 0 Å². The molecule has 114 valence electrons. The lowest BCUT2D eigenvalue weighted by atomic mass is 10.3. The van der Waals surface area contributed by atoms with Gasteiger partial charge in [-0.1, -0.05) is 11.2 Å². The predicted molar refractivity (Wildman–Crippen MR) is 81.4 cm³/mol. The summed E-state index contributed by atoms with van der Waals surface area (Å²) in [5.41, 5.74) is 0. The van der Waals surface area contributed by atoms with Gasteiger partial charge in [-0.15, -0.1) is 11.3 Å². The lowest BCUT2D eigenvalue weighted by Gasteiger charge is -2.02. The van der Waals surface area contributed by atoms with E-state index >= 15 is 0 Å². The van der Waals surface area contributed by atoms with Gasteiger partial charge in [-0.3, -0.25) is 4.79 Å². The third-order valence-corrected chi connectivity index (χ3v) is 3.92. The Morgan fingerprint density at radius 1 is 1.27 bits per heavy atom. The average molecular weight is 317 g/mol. The van der Waals surface area contributed by atoms with Gasteiger partial charge in [0.25, 0.3) is 0 Å². The Morgan fingerprint density at radius 2 is 2.23 bits per heavy atom. The Kier molecular flexibility index (Phi) is 4.65. The first-order chi connectivity index (χ1) is 10.8. The largest absolute Gasteiger partial charge is 0.469 e. The first-order valence-corrected chi connectivity index (χ1v) is 7.85. The molecule has 0 aliphatic rings. The SMILES string of the molecule is O=C(CCc1nc(-c2cccs2)no1)NCCc1ccco1. The fourth-order valence-electron chi connectivity index (χ4n) is 1.95. The number of amides is 1. The van der Waals surface area contributed by atoms with Crippen LogP contribution in [0.25, 0.3) is 10.7 Å². The molecule has 22 heavy (non-hydrogen) atoms.